The topological polar surface area (TPSA) is 85.1 Å². The van der Waals surface area contributed by atoms with Gasteiger partial charge in [0.15, 0.2) is 5.82 Å². The molecule has 1 heterocycles. The molecule has 0 aliphatic rings. The summed E-state index contributed by atoms with van der Waals surface area (Å²) in [6, 6.07) is 4.99. The van der Waals surface area contributed by atoms with Gasteiger partial charge in [-0.25, -0.2) is 13.1 Å². The Bertz CT molecular complexity index is 692. The van der Waals surface area contributed by atoms with Crippen molar-refractivity contribution in [1.82, 2.24) is 14.9 Å². The van der Waals surface area contributed by atoms with Crippen LogP contribution in [0.5, 0.6) is 0 Å². The minimum absolute atomic E-state index is 0.0178. The van der Waals surface area contributed by atoms with Gasteiger partial charge in [-0.05, 0) is 44.0 Å². The summed E-state index contributed by atoms with van der Waals surface area (Å²) in [6.07, 6.45) is 0. The Morgan fingerprint density at radius 3 is 2.53 bits per heavy atom. The molecule has 0 radical (unpaired) electrons. The Hall–Kier alpha value is -1.73. The summed E-state index contributed by atoms with van der Waals surface area (Å²) >= 11 is 0. The molecule has 0 saturated heterocycles. The van der Waals surface area contributed by atoms with E-state index >= 15 is 0 Å². The lowest BCUT2D eigenvalue weighted by Gasteiger charge is -2.07. The molecule has 2 aromatic rings. The quantitative estimate of drug-likeness (QED) is 0.917. The molecule has 19 heavy (non-hydrogen) atoms. The van der Waals surface area contributed by atoms with Crippen molar-refractivity contribution < 1.29 is 12.9 Å². The van der Waals surface area contributed by atoms with Crippen LogP contribution in [0.2, 0.25) is 0 Å². The summed E-state index contributed by atoms with van der Waals surface area (Å²) in [5.74, 6) is 0.713. The van der Waals surface area contributed by atoms with Crippen molar-refractivity contribution in [3.05, 3.63) is 41.0 Å². The summed E-state index contributed by atoms with van der Waals surface area (Å²) in [5, 5.41) is 3.59. The lowest BCUT2D eigenvalue weighted by molar-refractivity contribution is 0.372. The number of aryl methyl sites for hydroxylation is 3. The minimum atomic E-state index is -3.57. The maximum absolute atomic E-state index is 12.1. The third-order valence-corrected chi connectivity index (χ3v) is 4.17. The second-order valence-electron chi connectivity index (χ2n) is 4.31. The number of sulfonamides is 1. The first kappa shape index (κ1) is 13.7. The summed E-state index contributed by atoms with van der Waals surface area (Å²) in [7, 11) is -3.57. The van der Waals surface area contributed by atoms with E-state index in [0.29, 0.717) is 5.82 Å². The summed E-state index contributed by atoms with van der Waals surface area (Å²) in [5.41, 5.74) is 1.97. The third kappa shape index (κ3) is 3.18. The van der Waals surface area contributed by atoms with Crippen LogP contribution < -0.4 is 4.72 Å². The van der Waals surface area contributed by atoms with E-state index in [-0.39, 0.29) is 17.3 Å². The Kier molecular flexibility index (Phi) is 3.68. The van der Waals surface area contributed by atoms with Crippen LogP contribution in [0.3, 0.4) is 0 Å². The van der Waals surface area contributed by atoms with Crippen molar-refractivity contribution in [1.29, 1.82) is 0 Å². The molecular formula is C12H15N3O3S. The fourth-order valence-corrected chi connectivity index (χ4v) is 2.59. The number of hydrogen-bond acceptors (Lipinski definition) is 5. The van der Waals surface area contributed by atoms with Crippen LogP contribution in [0.15, 0.2) is 27.6 Å². The number of benzene rings is 1. The summed E-state index contributed by atoms with van der Waals surface area (Å²) in [4.78, 5) is 4.16. The van der Waals surface area contributed by atoms with Gasteiger partial charge in [-0.15, -0.1) is 0 Å². The molecule has 6 nitrogen and oxygen atoms in total. The summed E-state index contributed by atoms with van der Waals surface area (Å²) < 4.78 is 31.4. The van der Waals surface area contributed by atoms with E-state index in [9.17, 15) is 8.42 Å². The van der Waals surface area contributed by atoms with Gasteiger partial charge in [0.25, 0.3) is 0 Å². The largest absolute Gasteiger partial charge is 0.338 e. The first-order valence-corrected chi connectivity index (χ1v) is 7.23. The van der Waals surface area contributed by atoms with E-state index in [2.05, 4.69) is 14.9 Å². The average Bonchev–Trinajstić information content (AvgIpc) is 2.76. The van der Waals surface area contributed by atoms with Gasteiger partial charge in [0.1, 0.15) is 0 Å². The van der Waals surface area contributed by atoms with E-state index < -0.39 is 10.0 Å². The lowest BCUT2D eigenvalue weighted by atomic mass is 10.1. The van der Waals surface area contributed by atoms with Gasteiger partial charge in [-0.3, -0.25) is 0 Å². The van der Waals surface area contributed by atoms with Gasteiger partial charge >= 0.3 is 0 Å². The van der Waals surface area contributed by atoms with E-state index in [1.165, 1.54) is 0 Å². The monoisotopic (exact) mass is 281 g/mol. The molecule has 1 aromatic heterocycles. The number of rotatable bonds is 4. The maximum Gasteiger partial charge on any atom is 0.241 e. The van der Waals surface area contributed by atoms with Crippen LogP contribution in [0.1, 0.15) is 22.8 Å². The van der Waals surface area contributed by atoms with E-state index in [1.807, 2.05) is 13.8 Å². The van der Waals surface area contributed by atoms with Crippen molar-refractivity contribution in [2.24, 2.45) is 0 Å². The highest BCUT2D eigenvalue weighted by Crippen LogP contribution is 2.14. The first-order chi connectivity index (χ1) is 8.88. The fraction of sp³-hybridized carbons (Fsp3) is 0.333. The zero-order valence-electron chi connectivity index (χ0n) is 11.0. The third-order valence-electron chi connectivity index (χ3n) is 2.77. The molecule has 0 spiro atoms. The van der Waals surface area contributed by atoms with E-state index in [1.54, 1.807) is 25.1 Å². The van der Waals surface area contributed by atoms with Crippen LogP contribution >= 0.6 is 0 Å². The molecule has 7 heteroatoms. The van der Waals surface area contributed by atoms with Crippen LogP contribution in [0, 0.1) is 20.8 Å². The molecule has 0 atom stereocenters. The van der Waals surface area contributed by atoms with Crippen molar-refractivity contribution in [3.63, 3.8) is 0 Å². The predicted octanol–water partition coefficient (Wildman–Crippen LogP) is 1.47. The average molecular weight is 281 g/mol. The van der Waals surface area contributed by atoms with Gasteiger partial charge in [-0.2, -0.15) is 4.98 Å². The lowest BCUT2D eigenvalue weighted by Crippen LogP contribution is -2.23. The van der Waals surface area contributed by atoms with Crippen LogP contribution in [0.4, 0.5) is 0 Å². The standard InChI is InChI=1S/C12H15N3O3S/c1-8-4-5-11(6-9(8)2)19(16,17)13-7-12-14-10(3)15-18-12/h4-6,13H,7H2,1-3H3. The van der Waals surface area contributed by atoms with Crippen molar-refractivity contribution >= 4 is 10.0 Å². The van der Waals surface area contributed by atoms with Crippen molar-refractivity contribution in [3.8, 4) is 0 Å². The van der Waals surface area contributed by atoms with E-state index in [0.717, 1.165) is 11.1 Å². The number of nitrogens with one attached hydrogen (secondary N) is 1. The molecule has 0 bridgehead atoms. The zero-order valence-corrected chi connectivity index (χ0v) is 11.8. The van der Waals surface area contributed by atoms with Crippen molar-refractivity contribution in [2.45, 2.75) is 32.2 Å². The summed E-state index contributed by atoms with van der Waals surface area (Å²) in [6.45, 7) is 5.46. The first-order valence-electron chi connectivity index (χ1n) is 5.74. The minimum Gasteiger partial charge on any atom is -0.338 e. The molecule has 0 aliphatic carbocycles. The van der Waals surface area contributed by atoms with Crippen LogP contribution in [0.25, 0.3) is 0 Å². The van der Waals surface area contributed by atoms with Crippen molar-refractivity contribution in [2.75, 3.05) is 0 Å². The second-order valence-corrected chi connectivity index (χ2v) is 6.07. The van der Waals surface area contributed by atoms with Gasteiger partial charge in [-0.1, -0.05) is 11.2 Å². The Morgan fingerprint density at radius 2 is 1.95 bits per heavy atom. The highest BCUT2D eigenvalue weighted by molar-refractivity contribution is 7.89. The van der Waals surface area contributed by atoms with Gasteiger partial charge < -0.3 is 4.52 Å². The SMILES string of the molecule is Cc1noc(CNS(=O)(=O)c2ccc(C)c(C)c2)n1. The molecule has 0 fully saturated rings. The van der Waals surface area contributed by atoms with Gasteiger partial charge in [0.2, 0.25) is 15.9 Å². The molecule has 0 amide bonds. The van der Waals surface area contributed by atoms with Crippen LogP contribution in [-0.4, -0.2) is 18.6 Å². The fourth-order valence-electron chi connectivity index (χ4n) is 1.53. The molecular weight excluding hydrogens is 266 g/mol. The Morgan fingerprint density at radius 1 is 1.21 bits per heavy atom. The Balaban J connectivity index is 2.16. The zero-order chi connectivity index (χ0) is 14.0. The number of nitrogens with zero attached hydrogens (tertiary/aromatic N) is 2. The maximum atomic E-state index is 12.1. The van der Waals surface area contributed by atoms with Gasteiger partial charge in [0, 0.05) is 0 Å². The highest BCUT2D eigenvalue weighted by atomic mass is 32.2. The molecule has 0 saturated carbocycles. The number of aromatic nitrogens is 2. The second kappa shape index (κ2) is 5.10. The number of hydrogen-bond donors (Lipinski definition) is 1. The van der Waals surface area contributed by atoms with Crippen LogP contribution in [-0.2, 0) is 16.6 Å². The smallest absolute Gasteiger partial charge is 0.241 e. The van der Waals surface area contributed by atoms with E-state index in [4.69, 9.17) is 4.52 Å². The highest BCUT2D eigenvalue weighted by Gasteiger charge is 2.16. The predicted molar refractivity (Wildman–Crippen MR) is 69.0 cm³/mol. The van der Waals surface area contributed by atoms with Gasteiger partial charge in [0.05, 0.1) is 11.4 Å². The molecule has 1 aromatic carbocycles. The molecule has 0 aliphatic heterocycles. The molecule has 102 valence electrons. The molecule has 2 rings (SSSR count). The molecule has 1 N–H and O–H groups in total. The normalized spacial score (nSPS) is 11.7. The Labute approximate surface area is 111 Å². The molecule has 0 unspecified atom stereocenters.